The molecule has 13 nitrogen and oxygen atoms in total. The van der Waals surface area contributed by atoms with Crippen molar-refractivity contribution in [2.75, 3.05) is 69.5 Å². The summed E-state index contributed by atoms with van der Waals surface area (Å²) in [5.41, 5.74) is 4.15. The van der Waals surface area contributed by atoms with Gasteiger partial charge >= 0.3 is 6.09 Å². The van der Waals surface area contributed by atoms with Gasteiger partial charge in [0.25, 0.3) is 11.8 Å². The summed E-state index contributed by atoms with van der Waals surface area (Å²) < 4.78 is 23.6. The second-order valence-electron chi connectivity index (χ2n) is 13.0. The number of ether oxygens (including phenoxy) is 4. The molecule has 0 bridgehead atoms. The average molecular weight is 758 g/mol. The van der Waals surface area contributed by atoms with Crippen LogP contribution in [-0.2, 0) is 9.47 Å². The molecule has 1 aliphatic rings. The van der Waals surface area contributed by atoms with Crippen LogP contribution in [-0.4, -0.2) is 96.5 Å². The van der Waals surface area contributed by atoms with E-state index in [9.17, 15) is 14.4 Å². The average Bonchev–Trinajstić information content (AvgIpc) is 3.78. The van der Waals surface area contributed by atoms with Crippen molar-refractivity contribution in [1.29, 1.82) is 0 Å². The van der Waals surface area contributed by atoms with Crippen LogP contribution < -0.4 is 19.7 Å². The minimum Gasteiger partial charge on any atom is -0.468 e. The second kappa shape index (κ2) is 17.7. The lowest BCUT2D eigenvalue weighted by molar-refractivity contribution is 0.0511. The van der Waals surface area contributed by atoms with Crippen LogP contribution in [0.25, 0.3) is 16.4 Å². The predicted octanol–water partition coefficient (Wildman–Crippen LogP) is 6.62. The van der Waals surface area contributed by atoms with Crippen LogP contribution in [0.5, 0.6) is 11.5 Å². The molecule has 54 heavy (non-hydrogen) atoms. The van der Waals surface area contributed by atoms with Gasteiger partial charge in [-0.05, 0) is 66.3 Å². The number of imidazole rings is 1. The summed E-state index contributed by atoms with van der Waals surface area (Å²) in [4.78, 5) is 48.8. The minimum atomic E-state index is -0.528. The van der Waals surface area contributed by atoms with Crippen molar-refractivity contribution in [3.8, 4) is 11.5 Å². The first-order chi connectivity index (χ1) is 26.3. The zero-order chi connectivity index (χ0) is 38.2. The number of hydrogen-bond donors (Lipinski definition) is 2. The molecule has 2 N–H and O–H groups in total. The molecule has 0 saturated heterocycles. The highest BCUT2D eigenvalue weighted by molar-refractivity contribution is 6.19. The number of aliphatic hydroxyl groups is 1. The number of nitrogens with one attached hydrogen (secondary N) is 1. The lowest BCUT2D eigenvalue weighted by atomic mass is 9.92. The van der Waals surface area contributed by atoms with Crippen molar-refractivity contribution in [3.63, 3.8) is 0 Å². The van der Waals surface area contributed by atoms with Gasteiger partial charge in [-0.1, -0.05) is 31.5 Å². The van der Waals surface area contributed by atoms with E-state index in [1.165, 1.54) is 7.11 Å². The first-order valence-corrected chi connectivity index (χ1v) is 18.4. The lowest BCUT2D eigenvalue weighted by Crippen LogP contribution is -2.37. The molecule has 0 fully saturated rings. The van der Waals surface area contributed by atoms with E-state index in [-0.39, 0.29) is 55.9 Å². The predicted molar refractivity (Wildman–Crippen MR) is 206 cm³/mol. The summed E-state index contributed by atoms with van der Waals surface area (Å²) in [6.45, 7) is 5.58. The number of rotatable bonds is 16. The molecular weight excluding hydrogens is 714 g/mol. The first-order valence-electron chi connectivity index (χ1n) is 17.9. The van der Waals surface area contributed by atoms with Crippen LogP contribution in [0.2, 0.25) is 0 Å². The molecule has 1 aliphatic heterocycles. The standard InChI is InChI=1S/C40H44ClN5O8/c1-4-5-15-44(16-18-52-19-17-47)40(50)54-34-20-33-37(36-26(2)7-6-8-31(34)36)28(21-41)22-46(33)39(49)32-24-45-23-29(11-14-35(45)43-32)42-38(48)27-9-12-30(13-10-27)53-25-51-3/h6-14,20,23-24,28,47H,4-5,15-19,21-22,25H2,1-3H3,(H,42,48)/t28-/m1/s1. The van der Waals surface area contributed by atoms with Crippen molar-refractivity contribution >= 4 is 57.3 Å². The second-order valence-corrected chi connectivity index (χ2v) is 13.3. The van der Waals surface area contributed by atoms with Crippen LogP contribution in [0, 0.1) is 6.92 Å². The van der Waals surface area contributed by atoms with Crippen LogP contribution in [0.1, 0.15) is 57.7 Å². The Bertz CT molecular complexity index is 2120. The van der Waals surface area contributed by atoms with Gasteiger partial charge in [0.2, 0.25) is 0 Å². The van der Waals surface area contributed by atoms with Gasteiger partial charge in [0.15, 0.2) is 6.79 Å². The van der Waals surface area contributed by atoms with Crippen LogP contribution in [0.3, 0.4) is 0 Å². The highest BCUT2D eigenvalue weighted by Gasteiger charge is 2.37. The molecule has 5 aromatic rings. The van der Waals surface area contributed by atoms with E-state index in [4.69, 9.17) is 35.7 Å². The highest BCUT2D eigenvalue weighted by atomic mass is 35.5. The van der Waals surface area contributed by atoms with E-state index >= 15 is 0 Å². The van der Waals surface area contributed by atoms with Crippen LogP contribution in [0.4, 0.5) is 16.2 Å². The van der Waals surface area contributed by atoms with E-state index in [1.807, 2.05) is 32.0 Å². The Hall–Kier alpha value is -5.21. The fraction of sp³-hybridized carbons (Fsp3) is 0.350. The van der Waals surface area contributed by atoms with Crippen molar-refractivity contribution in [1.82, 2.24) is 14.3 Å². The Kier molecular flexibility index (Phi) is 12.7. The SMILES string of the molecule is CCCCN(CCOCCO)C(=O)Oc1cc2c(c3c(C)cccc13)[C@H](CCl)CN2C(=O)c1cn2cc(NC(=O)c3ccc(OCOC)cc3)ccc2n1. The van der Waals surface area contributed by atoms with E-state index < -0.39 is 6.09 Å². The minimum absolute atomic E-state index is 0.102. The number of anilines is 2. The summed E-state index contributed by atoms with van der Waals surface area (Å²) in [7, 11) is 1.53. The zero-order valence-corrected chi connectivity index (χ0v) is 31.3. The van der Waals surface area contributed by atoms with Gasteiger partial charge in [0.05, 0.1) is 31.2 Å². The van der Waals surface area contributed by atoms with E-state index in [2.05, 4.69) is 10.3 Å². The maximum atomic E-state index is 14.3. The number of methoxy groups -OCH3 is 1. The number of carbonyl (C=O) groups excluding carboxylic acids is 3. The topological polar surface area (TPSA) is 144 Å². The number of pyridine rings is 1. The van der Waals surface area contributed by atoms with Gasteiger partial charge < -0.3 is 43.6 Å². The third kappa shape index (κ3) is 8.44. The monoisotopic (exact) mass is 757 g/mol. The molecule has 14 heteroatoms. The van der Waals surface area contributed by atoms with Crippen molar-refractivity contribution in [2.24, 2.45) is 0 Å². The van der Waals surface area contributed by atoms with Gasteiger partial charge in [-0.15, -0.1) is 11.6 Å². The summed E-state index contributed by atoms with van der Waals surface area (Å²) in [6.07, 6.45) is 4.46. The molecule has 6 rings (SSSR count). The number of alkyl halides is 1. The summed E-state index contributed by atoms with van der Waals surface area (Å²) in [6, 6.07) is 17.7. The van der Waals surface area contributed by atoms with Gasteiger partial charge in [-0.3, -0.25) is 9.59 Å². The molecule has 3 amide bonds. The lowest BCUT2D eigenvalue weighted by Gasteiger charge is -2.23. The number of unbranched alkanes of at least 4 members (excludes halogenated alkanes) is 1. The number of carbonyl (C=O) groups is 3. The molecule has 0 unspecified atom stereocenters. The number of hydrogen-bond acceptors (Lipinski definition) is 9. The Balaban J connectivity index is 1.27. The third-order valence-corrected chi connectivity index (χ3v) is 9.62. The van der Waals surface area contributed by atoms with Crippen LogP contribution in [0.15, 0.2) is 73.1 Å². The molecule has 3 heterocycles. The fourth-order valence-electron chi connectivity index (χ4n) is 6.57. The Morgan fingerprint density at radius 1 is 1.06 bits per heavy atom. The smallest absolute Gasteiger partial charge is 0.415 e. The summed E-state index contributed by atoms with van der Waals surface area (Å²) in [5, 5.41) is 13.6. The number of amides is 3. The molecule has 3 aromatic carbocycles. The van der Waals surface area contributed by atoms with E-state index in [1.54, 1.807) is 69.1 Å². The molecule has 1 atom stereocenters. The zero-order valence-electron chi connectivity index (χ0n) is 30.5. The van der Waals surface area contributed by atoms with Gasteiger partial charge in [0, 0.05) is 68.0 Å². The van der Waals surface area contributed by atoms with Gasteiger partial charge in [-0.25, -0.2) is 9.78 Å². The molecular formula is C40H44ClN5O8. The number of aliphatic hydroxyl groups excluding tert-OH is 1. The highest BCUT2D eigenvalue weighted by Crippen LogP contribution is 2.47. The summed E-state index contributed by atoms with van der Waals surface area (Å²) in [5.74, 6) is 0.348. The van der Waals surface area contributed by atoms with Crippen molar-refractivity contribution in [2.45, 2.75) is 32.6 Å². The number of nitrogens with zero attached hydrogens (tertiary/aromatic N) is 4. The maximum absolute atomic E-state index is 14.3. The number of halogens is 1. The largest absolute Gasteiger partial charge is 0.468 e. The first kappa shape index (κ1) is 38.5. The molecule has 284 valence electrons. The van der Waals surface area contributed by atoms with Gasteiger partial charge in [-0.2, -0.15) is 0 Å². The molecule has 0 spiro atoms. The molecule has 0 aliphatic carbocycles. The fourth-order valence-corrected chi connectivity index (χ4v) is 6.82. The van der Waals surface area contributed by atoms with E-state index in [0.29, 0.717) is 53.7 Å². The number of aryl methyl sites for hydroxylation is 1. The number of fused-ring (bicyclic) bond motifs is 4. The van der Waals surface area contributed by atoms with E-state index in [0.717, 1.165) is 34.7 Å². The quantitative estimate of drug-likeness (QED) is 0.0645. The van der Waals surface area contributed by atoms with Crippen molar-refractivity contribution < 1.29 is 38.4 Å². The number of aromatic nitrogens is 2. The Labute approximate surface area is 318 Å². The molecule has 0 radical (unpaired) electrons. The van der Waals surface area contributed by atoms with Crippen molar-refractivity contribution in [3.05, 3.63) is 95.4 Å². The Morgan fingerprint density at radius 2 is 1.87 bits per heavy atom. The number of benzene rings is 3. The normalized spacial score (nSPS) is 13.6. The molecule has 2 aromatic heterocycles. The Morgan fingerprint density at radius 3 is 2.61 bits per heavy atom. The van der Waals surface area contributed by atoms with Crippen LogP contribution >= 0.6 is 11.6 Å². The third-order valence-electron chi connectivity index (χ3n) is 9.25. The molecule has 0 saturated carbocycles. The maximum Gasteiger partial charge on any atom is 0.415 e. The van der Waals surface area contributed by atoms with Gasteiger partial charge in [0.1, 0.15) is 22.8 Å². The summed E-state index contributed by atoms with van der Waals surface area (Å²) >= 11 is 6.56.